The number of imide groups is 1. The summed E-state index contributed by atoms with van der Waals surface area (Å²) in [4.78, 5) is 47.5. The van der Waals surface area contributed by atoms with Crippen LogP contribution in [0, 0.1) is 0 Å². The maximum Gasteiger partial charge on any atom is 0.335 e. The van der Waals surface area contributed by atoms with E-state index in [1.807, 2.05) is 0 Å². The molecule has 0 aliphatic carbocycles. The van der Waals surface area contributed by atoms with Crippen LogP contribution in [0.4, 0.5) is 5.69 Å². The van der Waals surface area contributed by atoms with Gasteiger partial charge >= 0.3 is 11.9 Å². The lowest BCUT2D eigenvalue weighted by Gasteiger charge is -2.15. The number of anilines is 1. The monoisotopic (exact) mass is 337 g/mol. The highest BCUT2D eigenvalue weighted by Crippen LogP contribution is 2.29. The summed E-state index contributed by atoms with van der Waals surface area (Å²) < 4.78 is 4.79. The zero-order valence-corrected chi connectivity index (χ0v) is 13.2. The van der Waals surface area contributed by atoms with Gasteiger partial charge in [-0.15, -0.1) is 11.8 Å². The molecule has 2 amide bonds. The number of ether oxygens (including phenoxy) is 1. The number of carboxylic acid groups (broad SMARTS) is 1. The Morgan fingerprint density at radius 3 is 2.52 bits per heavy atom. The number of benzene rings is 1. The van der Waals surface area contributed by atoms with Gasteiger partial charge in [-0.05, 0) is 31.2 Å². The number of hydrogen-bond acceptors (Lipinski definition) is 6. The number of carbonyl (C=O) groups is 4. The second-order valence-electron chi connectivity index (χ2n) is 4.73. The predicted octanol–water partition coefficient (Wildman–Crippen LogP) is 1.31. The summed E-state index contributed by atoms with van der Waals surface area (Å²) in [6.07, 6.45) is 0.00356. The van der Waals surface area contributed by atoms with Gasteiger partial charge in [0.15, 0.2) is 0 Å². The van der Waals surface area contributed by atoms with Gasteiger partial charge in [0, 0.05) is 6.42 Å². The van der Waals surface area contributed by atoms with E-state index < -0.39 is 23.1 Å². The molecule has 0 bridgehead atoms. The Morgan fingerprint density at radius 1 is 1.30 bits per heavy atom. The van der Waals surface area contributed by atoms with Gasteiger partial charge in [-0.3, -0.25) is 14.4 Å². The highest BCUT2D eigenvalue weighted by Gasteiger charge is 2.40. The molecule has 7 nitrogen and oxygen atoms in total. The van der Waals surface area contributed by atoms with Crippen LogP contribution in [0.25, 0.3) is 0 Å². The summed E-state index contributed by atoms with van der Waals surface area (Å²) in [5, 5.41) is 8.22. The molecule has 0 radical (unpaired) electrons. The van der Waals surface area contributed by atoms with Crippen molar-refractivity contribution in [3.8, 4) is 0 Å². The molecular formula is C15H15NO6S. The van der Waals surface area contributed by atoms with E-state index in [9.17, 15) is 19.2 Å². The van der Waals surface area contributed by atoms with E-state index in [0.29, 0.717) is 5.69 Å². The summed E-state index contributed by atoms with van der Waals surface area (Å²) in [5.74, 6) is -2.30. The maximum atomic E-state index is 12.3. The van der Waals surface area contributed by atoms with Gasteiger partial charge in [-0.2, -0.15) is 0 Å². The molecule has 1 unspecified atom stereocenters. The predicted molar refractivity (Wildman–Crippen MR) is 83.4 cm³/mol. The zero-order chi connectivity index (χ0) is 17.0. The zero-order valence-electron chi connectivity index (χ0n) is 12.4. The van der Waals surface area contributed by atoms with Crippen molar-refractivity contribution in [2.24, 2.45) is 0 Å². The fourth-order valence-corrected chi connectivity index (χ4v) is 3.06. The number of nitrogens with zero attached hydrogens (tertiary/aromatic N) is 1. The molecule has 0 spiro atoms. The fraction of sp³-hybridized carbons (Fsp3) is 0.333. The van der Waals surface area contributed by atoms with Gasteiger partial charge in [-0.1, -0.05) is 0 Å². The highest BCUT2D eigenvalue weighted by atomic mass is 32.2. The van der Waals surface area contributed by atoms with E-state index in [0.717, 1.165) is 16.7 Å². The van der Waals surface area contributed by atoms with Gasteiger partial charge in [-0.25, -0.2) is 9.69 Å². The van der Waals surface area contributed by atoms with Gasteiger partial charge in [0.05, 0.1) is 28.9 Å². The van der Waals surface area contributed by atoms with Crippen LogP contribution < -0.4 is 4.90 Å². The Labute approximate surface area is 136 Å². The fourth-order valence-electron chi connectivity index (χ4n) is 2.13. The molecule has 1 aliphatic rings. The first kappa shape index (κ1) is 17.0. The van der Waals surface area contributed by atoms with Crippen molar-refractivity contribution in [2.75, 3.05) is 17.3 Å². The summed E-state index contributed by atoms with van der Waals surface area (Å²) >= 11 is 1.07. The second kappa shape index (κ2) is 7.28. The van der Waals surface area contributed by atoms with Crippen molar-refractivity contribution in [1.29, 1.82) is 0 Å². The third-order valence-corrected chi connectivity index (χ3v) is 4.36. The van der Waals surface area contributed by atoms with Crippen LogP contribution in [0.2, 0.25) is 0 Å². The van der Waals surface area contributed by atoms with Crippen LogP contribution in [-0.2, 0) is 19.1 Å². The summed E-state index contributed by atoms with van der Waals surface area (Å²) in [5.41, 5.74) is 0.394. The average molecular weight is 337 g/mol. The average Bonchev–Trinajstić information content (AvgIpc) is 2.80. The van der Waals surface area contributed by atoms with Crippen LogP contribution in [0.5, 0.6) is 0 Å². The summed E-state index contributed by atoms with van der Waals surface area (Å²) in [7, 11) is 0. The minimum atomic E-state index is -1.08. The first-order chi connectivity index (χ1) is 10.9. The van der Waals surface area contributed by atoms with Crippen molar-refractivity contribution < 1.29 is 29.0 Å². The van der Waals surface area contributed by atoms with E-state index in [4.69, 9.17) is 9.84 Å². The standard InChI is InChI=1S/C15H15NO6S/c1-2-22-13(18)8-23-11-7-12(17)16(14(11)19)10-5-3-9(4-6-10)15(20)21/h3-6,11H,2,7-8H2,1H3,(H,20,21). The lowest BCUT2D eigenvalue weighted by molar-refractivity contribution is -0.139. The molecule has 1 aromatic rings. The molecule has 2 rings (SSSR count). The van der Waals surface area contributed by atoms with Crippen LogP contribution in [0.15, 0.2) is 24.3 Å². The SMILES string of the molecule is CCOC(=O)CSC1CC(=O)N(c2ccc(C(=O)O)cc2)C1=O. The van der Waals surface area contributed by atoms with Gasteiger partial charge in [0.25, 0.3) is 0 Å². The number of aromatic carboxylic acids is 1. The smallest absolute Gasteiger partial charge is 0.335 e. The molecule has 1 heterocycles. The van der Waals surface area contributed by atoms with Crippen molar-refractivity contribution in [3.63, 3.8) is 0 Å². The summed E-state index contributed by atoms with van der Waals surface area (Å²) in [6, 6.07) is 5.49. The summed E-state index contributed by atoms with van der Waals surface area (Å²) in [6.45, 7) is 1.95. The molecule has 1 atom stereocenters. The molecule has 0 saturated carbocycles. The Kier molecular flexibility index (Phi) is 5.38. The third-order valence-electron chi connectivity index (χ3n) is 3.19. The molecule has 1 fully saturated rings. The van der Waals surface area contributed by atoms with Crippen LogP contribution in [-0.4, -0.2) is 46.5 Å². The molecular weight excluding hydrogens is 322 g/mol. The van der Waals surface area contributed by atoms with Gasteiger partial charge in [0.1, 0.15) is 0 Å². The second-order valence-corrected chi connectivity index (χ2v) is 5.92. The molecule has 122 valence electrons. The third kappa shape index (κ3) is 3.89. The first-order valence-corrected chi connectivity index (χ1v) is 7.96. The van der Waals surface area contributed by atoms with Crippen molar-refractivity contribution in [3.05, 3.63) is 29.8 Å². The Morgan fingerprint density at radius 2 is 1.96 bits per heavy atom. The Hall–Kier alpha value is -2.35. The van der Waals surface area contributed by atoms with Crippen LogP contribution in [0.3, 0.4) is 0 Å². The largest absolute Gasteiger partial charge is 0.478 e. The van der Waals surface area contributed by atoms with Gasteiger partial charge < -0.3 is 9.84 Å². The van der Waals surface area contributed by atoms with Crippen molar-refractivity contribution in [1.82, 2.24) is 0 Å². The number of hydrogen-bond donors (Lipinski definition) is 1. The molecule has 0 aromatic heterocycles. The number of carbonyl (C=O) groups excluding carboxylic acids is 3. The maximum absolute atomic E-state index is 12.3. The number of thioether (sulfide) groups is 1. The Balaban J connectivity index is 2.06. The molecule has 1 aliphatic heterocycles. The number of rotatable bonds is 6. The minimum Gasteiger partial charge on any atom is -0.478 e. The Bertz CT molecular complexity index is 642. The molecule has 1 saturated heterocycles. The van der Waals surface area contributed by atoms with E-state index in [1.165, 1.54) is 24.3 Å². The highest BCUT2D eigenvalue weighted by molar-refractivity contribution is 8.01. The van der Waals surface area contributed by atoms with Crippen LogP contribution >= 0.6 is 11.8 Å². The van der Waals surface area contributed by atoms with Crippen LogP contribution in [0.1, 0.15) is 23.7 Å². The number of esters is 1. The topological polar surface area (TPSA) is 101 Å². The van der Waals surface area contributed by atoms with Crippen molar-refractivity contribution >= 4 is 41.2 Å². The van der Waals surface area contributed by atoms with Gasteiger partial charge in [0.2, 0.25) is 11.8 Å². The number of carboxylic acids is 1. The molecule has 1 N–H and O–H groups in total. The van der Waals surface area contributed by atoms with E-state index in [1.54, 1.807) is 6.92 Å². The van der Waals surface area contributed by atoms with E-state index in [-0.39, 0.29) is 30.3 Å². The number of amides is 2. The van der Waals surface area contributed by atoms with E-state index >= 15 is 0 Å². The molecule has 23 heavy (non-hydrogen) atoms. The quantitative estimate of drug-likeness (QED) is 0.617. The van der Waals surface area contributed by atoms with E-state index in [2.05, 4.69) is 0 Å². The normalized spacial score (nSPS) is 17.4. The lowest BCUT2D eigenvalue weighted by Crippen LogP contribution is -2.31. The first-order valence-electron chi connectivity index (χ1n) is 6.91. The minimum absolute atomic E-state index is 0.00329. The van der Waals surface area contributed by atoms with Crippen molar-refractivity contribution in [2.45, 2.75) is 18.6 Å². The molecule has 8 heteroatoms. The molecule has 1 aromatic carbocycles. The lowest BCUT2D eigenvalue weighted by atomic mass is 10.2.